The van der Waals surface area contributed by atoms with E-state index < -0.39 is 11.7 Å². The summed E-state index contributed by atoms with van der Waals surface area (Å²) in [6.45, 7) is 8.13. The Bertz CT molecular complexity index is 1390. The first-order chi connectivity index (χ1) is 18.7. The van der Waals surface area contributed by atoms with Crippen molar-refractivity contribution >= 4 is 23.7 Å². The third kappa shape index (κ3) is 7.98. The summed E-state index contributed by atoms with van der Waals surface area (Å²) >= 11 is 0. The Kier molecular flexibility index (Phi) is 8.70. The molecule has 0 unspecified atom stereocenters. The predicted octanol–water partition coefficient (Wildman–Crippen LogP) is 5.94. The molecule has 2 aromatic carbocycles. The zero-order chi connectivity index (χ0) is 27.8. The number of benzene rings is 2. The number of carbonyl (C=O) groups excluding carboxylic acids is 1. The third-order valence-electron chi connectivity index (χ3n) is 5.88. The van der Waals surface area contributed by atoms with E-state index >= 15 is 0 Å². The predicted molar refractivity (Wildman–Crippen MR) is 154 cm³/mol. The molecule has 0 saturated carbocycles. The zero-order valence-electron chi connectivity index (χ0n) is 23.0. The number of hydrogen-bond acceptors (Lipinski definition) is 8. The monoisotopic (exact) mass is 525 g/mol. The molecule has 39 heavy (non-hydrogen) atoms. The number of carbonyl (C=O) groups is 1. The van der Waals surface area contributed by atoms with Crippen molar-refractivity contribution < 1.29 is 9.53 Å². The van der Waals surface area contributed by atoms with E-state index in [-0.39, 0.29) is 6.04 Å². The molecule has 202 valence electrons. The van der Waals surface area contributed by atoms with Crippen molar-refractivity contribution in [3.05, 3.63) is 90.3 Å². The zero-order valence-corrected chi connectivity index (χ0v) is 23.0. The van der Waals surface area contributed by atoms with Gasteiger partial charge >= 0.3 is 6.09 Å². The highest BCUT2D eigenvalue weighted by Crippen LogP contribution is 2.23. The first-order valence-corrected chi connectivity index (χ1v) is 13.0. The largest absolute Gasteiger partial charge is 0.444 e. The minimum Gasteiger partial charge on any atom is -0.444 e. The summed E-state index contributed by atoms with van der Waals surface area (Å²) in [5, 5.41) is 6.21. The summed E-state index contributed by atoms with van der Waals surface area (Å²) in [4.78, 5) is 32.2. The van der Waals surface area contributed by atoms with Gasteiger partial charge in [-0.1, -0.05) is 54.6 Å². The molecule has 4 aromatic rings. The number of amides is 1. The smallest absolute Gasteiger partial charge is 0.408 e. The fraction of sp³-hybridized carbons (Fsp3) is 0.300. The van der Waals surface area contributed by atoms with Gasteiger partial charge in [0.2, 0.25) is 5.95 Å². The Morgan fingerprint density at radius 1 is 0.949 bits per heavy atom. The second kappa shape index (κ2) is 12.3. The highest BCUT2D eigenvalue weighted by Gasteiger charge is 2.18. The molecule has 9 heteroatoms. The first-order valence-electron chi connectivity index (χ1n) is 13.0. The lowest BCUT2D eigenvalue weighted by Crippen LogP contribution is -2.34. The number of anilines is 3. The van der Waals surface area contributed by atoms with E-state index in [1.807, 2.05) is 94.2 Å². The maximum atomic E-state index is 12.1. The molecule has 4 rings (SSSR count). The van der Waals surface area contributed by atoms with Crippen molar-refractivity contribution in [3.63, 3.8) is 0 Å². The lowest BCUT2D eigenvalue weighted by atomic mass is 10.0. The summed E-state index contributed by atoms with van der Waals surface area (Å²) in [7, 11) is 1.92. The highest BCUT2D eigenvalue weighted by atomic mass is 16.6. The molecule has 0 saturated heterocycles. The normalized spacial score (nSPS) is 11.9. The van der Waals surface area contributed by atoms with Crippen molar-refractivity contribution in [1.82, 2.24) is 25.3 Å². The fourth-order valence-electron chi connectivity index (χ4n) is 3.91. The van der Waals surface area contributed by atoms with Gasteiger partial charge in [-0.15, -0.1) is 0 Å². The van der Waals surface area contributed by atoms with Crippen LogP contribution in [0.3, 0.4) is 0 Å². The fourth-order valence-corrected chi connectivity index (χ4v) is 3.91. The van der Waals surface area contributed by atoms with E-state index in [9.17, 15) is 4.79 Å². The van der Waals surface area contributed by atoms with Crippen LogP contribution in [0.2, 0.25) is 0 Å². The maximum absolute atomic E-state index is 12.1. The van der Waals surface area contributed by atoms with Crippen molar-refractivity contribution in [2.24, 2.45) is 0 Å². The minimum absolute atomic E-state index is 0.174. The molecular weight excluding hydrogens is 490 g/mol. The van der Waals surface area contributed by atoms with Crippen LogP contribution < -0.4 is 15.5 Å². The van der Waals surface area contributed by atoms with Crippen molar-refractivity contribution in [3.8, 4) is 11.4 Å². The molecule has 2 heterocycles. The van der Waals surface area contributed by atoms with Crippen LogP contribution >= 0.6 is 0 Å². The third-order valence-corrected chi connectivity index (χ3v) is 5.88. The number of nitrogens with zero attached hydrogens (tertiary/aromatic N) is 5. The Morgan fingerprint density at radius 3 is 2.41 bits per heavy atom. The van der Waals surface area contributed by atoms with Gasteiger partial charge in [0.1, 0.15) is 17.2 Å². The lowest BCUT2D eigenvalue weighted by Gasteiger charge is -2.22. The molecule has 0 bridgehead atoms. The minimum atomic E-state index is -0.536. The summed E-state index contributed by atoms with van der Waals surface area (Å²) in [5.41, 5.74) is 2.57. The lowest BCUT2D eigenvalue weighted by molar-refractivity contribution is 0.0508. The Balaban J connectivity index is 1.35. The van der Waals surface area contributed by atoms with Crippen LogP contribution in [-0.4, -0.2) is 45.2 Å². The van der Waals surface area contributed by atoms with Crippen LogP contribution in [0.1, 0.15) is 44.9 Å². The summed E-state index contributed by atoms with van der Waals surface area (Å²) in [6, 6.07) is 21.6. The van der Waals surface area contributed by atoms with Gasteiger partial charge in [0.05, 0.1) is 6.04 Å². The van der Waals surface area contributed by atoms with Crippen LogP contribution in [0.5, 0.6) is 0 Å². The first kappa shape index (κ1) is 27.5. The molecule has 0 fully saturated rings. The molecule has 9 nitrogen and oxygen atoms in total. The van der Waals surface area contributed by atoms with E-state index in [1.165, 1.54) is 0 Å². The molecule has 0 radical (unpaired) electrons. The van der Waals surface area contributed by atoms with Crippen LogP contribution in [0.25, 0.3) is 11.4 Å². The number of alkyl carbamates (subject to hydrolysis) is 1. The van der Waals surface area contributed by atoms with Crippen molar-refractivity contribution in [1.29, 1.82) is 0 Å². The number of hydrogen-bond donors (Lipinski definition) is 2. The van der Waals surface area contributed by atoms with Gasteiger partial charge in [0.15, 0.2) is 5.82 Å². The van der Waals surface area contributed by atoms with Gasteiger partial charge in [-0.3, -0.25) is 0 Å². The van der Waals surface area contributed by atoms with Crippen LogP contribution in [0.4, 0.5) is 22.4 Å². The van der Waals surface area contributed by atoms with E-state index in [4.69, 9.17) is 9.72 Å². The number of ether oxygens (including phenoxy) is 1. The van der Waals surface area contributed by atoms with Gasteiger partial charge < -0.3 is 20.3 Å². The van der Waals surface area contributed by atoms with Crippen LogP contribution in [0, 0.1) is 0 Å². The van der Waals surface area contributed by atoms with E-state index in [0.717, 1.165) is 28.9 Å². The molecule has 0 aliphatic carbocycles. The topological polar surface area (TPSA) is 105 Å². The average Bonchev–Trinajstić information content (AvgIpc) is 2.92. The van der Waals surface area contributed by atoms with E-state index in [2.05, 4.69) is 37.7 Å². The van der Waals surface area contributed by atoms with Crippen molar-refractivity contribution in [2.75, 3.05) is 23.8 Å². The quantitative estimate of drug-likeness (QED) is 0.277. The van der Waals surface area contributed by atoms with Gasteiger partial charge in [-0.25, -0.2) is 19.7 Å². The van der Waals surface area contributed by atoms with E-state index in [0.29, 0.717) is 24.1 Å². The standard InChI is InChI=1S/C30H35N7O2/c1-21(34-29(38)39-30(2,3)4)24-13-9-10-22(20-24)14-17-32-28-33-19-16-26(36-28)37(5)25-15-18-31-27(35-25)23-11-7-6-8-12-23/h6-13,15-16,18-21H,14,17H2,1-5H3,(H,34,38)(H,32,33,36)/t21-/m0/s1. The summed E-state index contributed by atoms with van der Waals surface area (Å²) in [5.74, 6) is 2.65. The molecule has 0 aliphatic heterocycles. The SMILES string of the molecule is C[C@H](NC(=O)OC(C)(C)C)c1cccc(CCNc2nccc(N(C)c3ccnc(-c4ccccc4)n3)n2)c1. The molecule has 0 aliphatic rings. The molecular formula is C30H35N7O2. The molecule has 1 amide bonds. The number of rotatable bonds is 9. The second-order valence-corrected chi connectivity index (χ2v) is 10.2. The Labute approximate surface area is 229 Å². The number of aromatic nitrogens is 4. The highest BCUT2D eigenvalue weighted by molar-refractivity contribution is 5.68. The molecule has 2 N–H and O–H groups in total. The average molecular weight is 526 g/mol. The van der Waals surface area contributed by atoms with Gasteiger partial charge in [-0.05, 0) is 57.4 Å². The number of nitrogens with one attached hydrogen (secondary N) is 2. The van der Waals surface area contributed by atoms with Gasteiger partial charge in [0.25, 0.3) is 0 Å². The van der Waals surface area contributed by atoms with Crippen molar-refractivity contribution in [2.45, 2.75) is 45.8 Å². The Morgan fingerprint density at radius 2 is 1.67 bits per heavy atom. The van der Waals surface area contributed by atoms with E-state index in [1.54, 1.807) is 12.4 Å². The second-order valence-electron chi connectivity index (χ2n) is 10.2. The van der Waals surface area contributed by atoms with Gasteiger partial charge in [-0.2, -0.15) is 4.98 Å². The maximum Gasteiger partial charge on any atom is 0.408 e. The molecule has 0 spiro atoms. The summed E-state index contributed by atoms with van der Waals surface area (Å²) in [6.07, 6.45) is 3.82. The van der Waals surface area contributed by atoms with Gasteiger partial charge in [0, 0.05) is 31.5 Å². The molecule has 1 atom stereocenters. The Hall–Kier alpha value is -4.53. The molecule has 2 aromatic heterocycles. The summed E-state index contributed by atoms with van der Waals surface area (Å²) < 4.78 is 5.37. The van der Waals surface area contributed by atoms with Crippen LogP contribution in [-0.2, 0) is 11.2 Å². The van der Waals surface area contributed by atoms with Crippen LogP contribution in [0.15, 0.2) is 79.1 Å².